The maximum atomic E-state index is 12.1. The van der Waals surface area contributed by atoms with Gasteiger partial charge in [0.1, 0.15) is 0 Å². The summed E-state index contributed by atoms with van der Waals surface area (Å²) in [6.45, 7) is 5.37. The molecule has 24 heavy (non-hydrogen) atoms. The highest BCUT2D eigenvalue weighted by atomic mass is 16.5. The van der Waals surface area contributed by atoms with Gasteiger partial charge >= 0.3 is 0 Å². The van der Waals surface area contributed by atoms with E-state index in [1.54, 1.807) is 6.07 Å². The number of carbonyl (C=O) groups excluding carboxylic acids is 1. The van der Waals surface area contributed by atoms with Crippen molar-refractivity contribution in [2.24, 2.45) is 5.92 Å². The Kier molecular flexibility index (Phi) is 6.01. The summed E-state index contributed by atoms with van der Waals surface area (Å²) < 4.78 is 5.91. The molecule has 2 heterocycles. The second kappa shape index (κ2) is 8.42. The lowest BCUT2D eigenvalue weighted by Gasteiger charge is -2.28. The first-order valence-corrected chi connectivity index (χ1v) is 9.22. The van der Waals surface area contributed by atoms with Crippen LogP contribution in [0.15, 0.2) is 12.1 Å². The summed E-state index contributed by atoms with van der Waals surface area (Å²) in [7, 11) is 0. The van der Waals surface area contributed by atoms with Crippen LogP contribution >= 0.6 is 0 Å². The number of hydrogen-bond acceptors (Lipinski definition) is 5. The van der Waals surface area contributed by atoms with E-state index in [-0.39, 0.29) is 5.91 Å². The fourth-order valence-electron chi connectivity index (χ4n) is 3.56. The van der Waals surface area contributed by atoms with Crippen LogP contribution in [0.3, 0.4) is 0 Å². The molecule has 1 saturated heterocycles. The zero-order chi connectivity index (χ0) is 16.8. The van der Waals surface area contributed by atoms with E-state index >= 15 is 0 Å². The van der Waals surface area contributed by atoms with Crippen molar-refractivity contribution in [3.8, 4) is 0 Å². The van der Waals surface area contributed by atoms with Gasteiger partial charge in [0.05, 0.1) is 12.7 Å². The molecule has 0 bridgehead atoms. The lowest BCUT2D eigenvalue weighted by molar-refractivity contribution is -0.00295. The SMILES string of the molecule is C[C@H]1CCCC[C@@H]1OCCNC(=O)c1ccc(N2CCCC2)nn1. The Morgan fingerprint density at radius 3 is 2.71 bits per heavy atom. The minimum atomic E-state index is -0.184. The number of carbonyl (C=O) groups is 1. The maximum absolute atomic E-state index is 12.1. The van der Waals surface area contributed by atoms with Crippen LogP contribution in [0.4, 0.5) is 5.82 Å². The van der Waals surface area contributed by atoms with E-state index in [4.69, 9.17) is 4.74 Å². The lowest BCUT2D eigenvalue weighted by Crippen LogP contribution is -2.32. The van der Waals surface area contributed by atoms with Gasteiger partial charge in [-0.1, -0.05) is 19.8 Å². The topological polar surface area (TPSA) is 67.3 Å². The van der Waals surface area contributed by atoms with Crippen LogP contribution in [0, 0.1) is 5.92 Å². The highest BCUT2D eigenvalue weighted by Gasteiger charge is 2.21. The summed E-state index contributed by atoms with van der Waals surface area (Å²) in [5.74, 6) is 1.30. The average molecular weight is 332 g/mol. The molecular formula is C18H28N4O2. The summed E-state index contributed by atoms with van der Waals surface area (Å²) in [6.07, 6.45) is 7.68. The molecule has 1 aliphatic carbocycles. The predicted octanol–water partition coefficient (Wildman–Crippen LogP) is 2.40. The van der Waals surface area contributed by atoms with Crippen molar-refractivity contribution in [3.05, 3.63) is 17.8 Å². The molecule has 0 unspecified atom stereocenters. The van der Waals surface area contributed by atoms with E-state index < -0.39 is 0 Å². The Morgan fingerprint density at radius 2 is 2.00 bits per heavy atom. The van der Waals surface area contributed by atoms with Crippen molar-refractivity contribution in [3.63, 3.8) is 0 Å². The molecule has 3 rings (SSSR count). The number of aromatic nitrogens is 2. The van der Waals surface area contributed by atoms with Crippen molar-refractivity contribution >= 4 is 11.7 Å². The van der Waals surface area contributed by atoms with Gasteiger partial charge in [-0.3, -0.25) is 4.79 Å². The second-order valence-electron chi connectivity index (χ2n) is 6.90. The van der Waals surface area contributed by atoms with Crippen molar-refractivity contribution < 1.29 is 9.53 Å². The minimum absolute atomic E-state index is 0.184. The molecule has 6 heteroatoms. The van der Waals surface area contributed by atoms with Gasteiger partial charge in [0, 0.05) is 19.6 Å². The van der Waals surface area contributed by atoms with Gasteiger partial charge in [0.15, 0.2) is 11.5 Å². The molecule has 2 atom stereocenters. The second-order valence-corrected chi connectivity index (χ2v) is 6.90. The van der Waals surface area contributed by atoms with Crippen molar-refractivity contribution in [1.82, 2.24) is 15.5 Å². The first-order valence-electron chi connectivity index (χ1n) is 9.22. The van der Waals surface area contributed by atoms with Crippen LogP contribution in [-0.2, 0) is 4.74 Å². The van der Waals surface area contributed by atoms with Crippen molar-refractivity contribution in [2.75, 3.05) is 31.1 Å². The predicted molar refractivity (Wildman–Crippen MR) is 93.2 cm³/mol. The minimum Gasteiger partial charge on any atom is -0.376 e. The molecule has 0 spiro atoms. The van der Waals surface area contributed by atoms with E-state index in [2.05, 4.69) is 27.3 Å². The third-order valence-corrected chi connectivity index (χ3v) is 5.07. The van der Waals surface area contributed by atoms with Gasteiger partial charge in [-0.25, -0.2) is 0 Å². The maximum Gasteiger partial charge on any atom is 0.271 e. The number of nitrogens with one attached hydrogen (secondary N) is 1. The van der Waals surface area contributed by atoms with Crippen LogP contribution in [0.5, 0.6) is 0 Å². The first kappa shape index (κ1) is 17.1. The van der Waals surface area contributed by atoms with E-state index in [0.717, 1.165) is 25.3 Å². The Bertz CT molecular complexity index is 528. The molecule has 0 radical (unpaired) electrons. The quantitative estimate of drug-likeness (QED) is 0.810. The largest absolute Gasteiger partial charge is 0.376 e. The van der Waals surface area contributed by atoms with E-state index in [0.29, 0.717) is 30.9 Å². The smallest absolute Gasteiger partial charge is 0.271 e. The fourth-order valence-corrected chi connectivity index (χ4v) is 3.56. The zero-order valence-corrected chi connectivity index (χ0v) is 14.5. The first-order chi connectivity index (χ1) is 11.7. The van der Waals surface area contributed by atoms with Gasteiger partial charge in [-0.15, -0.1) is 10.2 Å². The Balaban J connectivity index is 1.40. The number of hydrogen-bond donors (Lipinski definition) is 1. The molecule has 2 aliphatic rings. The van der Waals surface area contributed by atoms with Gasteiger partial charge in [-0.2, -0.15) is 0 Å². The molecule has 0 aromatic carbocycles. The molecule has 1 amide bonds. The summed E-state index contributed by atoms with van der Waals surface area (Å²) in [6, 6.07) is 3.63. The Hall–Kier alpha value is -1.69. The van der Waals surface area contributed by atoms with E-state index in [1.807, 2.05) is 6.07 Å². The standard InChI is InChI=1S/C18H28N4O2/c1-14-6-2-3-7-16(14)24-13-10-19-18(23)15-8-9-17(21-20-15)22-11-4-5-12-22/h8-9,14,16H,2-7,10-13H2,1H3,(H,19,23)/t14-,16-/m0/s1. The van der Waals surface area contributed by atoms with Crippen LogP contribution in [-0.4, -0.2) is 48.4 Å². The molecule has 1 N–H and O–H groups in total. The Labute approximate surface area is 144 Å². The molecule has 1 saturated carbocycles. The molecule has 2 fully saturated rings. The monoisotopic (exact) mass is 332 g/mol. The average Bonchev–Trinajstić information content (AvgIpc) is 3.15. The zero-order valence-electron chi connectivity index (χ0n) is 14.5. The number of ether oxygens (including phenoxy) is 1. The van der Waals surface area contributed by atoms with Gasteiger partial charge < -0.3 is 15.0 Å². The summed E-state index contributed by atoms with van der Waals surface area (Å²) >= 11 is 0. The highest BCUT2D eigenvalue weighted by Crippen LogP contribution is 2.26. The molecular weight excluding hydrogens is 304 g/mol. The van der Waals surface area contributed by atoms with Crippen LogP contribution < -0.4 is 10.2 Å². The number of nitrogens with zero attached hydrogens (tertiary/aromatic N) is 3. The van der Waals surface area contributed by atoms with Crippen LogP contribution in [0.2, 0.25) is 0 Å². The third-order valence-electron chi connectivity index (χ3n) is 5.07. The van der Waals surface area contributed by atoms with Gasteiger partial charge in [0.2, 0.25) is 0 Å². The summed E-state index contributed by atoms with van der Waals surface area (Å²) in [4.78, 5) is 14.3. The number of anilines is 1. The molecule has 1 aromatic heterocycles. The van der Waals surface area contributed by atoms with Crippen LogP contribution in [0.1, 0.15) is 55.9 Å². The summed E-state index contributed by atoms with van der Waals surface area (Å²) in [5, 5.41) is 11.1. The van der Waals surface area contributed by atoms with Gasteiger partial charge in [0.25, 0.3) is 5.91 Å². The van der Waals surface area contributed by atoms with Crippen molar-refractivity contribution in [1.29, 1.82) is 0 Å². The lowest BCUT2D eigenvalue weighted by atomic mass is 9.88. The third kappa shape index (κ3) is 4.44. The summed E-state index contributed by atoms with van der Waals surface area (Å²) in [5.41, 5.74) is 0.365. The fraction of sp³-hybridized carbons (Fsp3) is 0.722. The van der Waals surface area contributed by atoms with Crippen LogP contribution in [0.25, 0.3) is 0 Å². The molecule has 132 valence electrons. The molecule has 6 nitrogen and oxygen atoms in total. The molecule has 1 aromatic rings. The number of rotatable bonds is 6. The Morgan fingerprint density at radius 1 is 1.21 bits per heavy atom. The van der Waals surface area contributed by atoms with Gasteiger partial charge in [-0.05, 0) is 43.7 Å². The number of amides is 1. The normalized spacial score (nSPS) is 24.1. The van der Waals surface area contributed by atoms with E-state index in [9.17, 15) is 4.79 Å². The highest BCUT2D eigenvalue weighted by molar-refractivity contribution is 5.92. The van der Waals surface area contributed by atoms with Crippen molar-refractivity contribution in [2.45, 2.75) is 51.6 Å². The molecule has 1 aliphatic heterocycles. The van der Waals surface area contributed by atoms with E-state index in [1.165, 1.54) is 32.1 Å².